The van der Waals surface area contributed by atoms with E-state index in [-0.39, 0.29) is 5.28 Å². The van der Waals surface area contributed by atoms with Crippen LogP contribution in [0.2, 0.25) is 10.3 Å². The summed E-state index contributed by atoms with van der Waals surface area (Å²) in [5.41, 5.74) is 0.900. The SMILES string of the molecule is O=[S@](Cc1cccc(Cl)c1)c1nc(Cl)ns1. The van der Waals surface area contributed by atoms with Gasteiger partial charge in [0, 0.05) is 5.02 Å². The molecule has 7 heteroatoms. The van der Waals surface area contributed by atoms with Gasteiger partial charge in [-0.3, -0.25) is 4.21 Å². The van der Waals surface area contributed by atoms with E-state index in [1.165, 1.54) is 0 Å². The van der Waals surface area contributed by atoms with Crippen molar-refractivity contribution in [3.63, 3.8) is 0 Å². The van der Waals surface area contributed by atoms with Gasteiger partial charge in [-0.2, -0.15) is 9.36 Å². The summed E-state index contributed by atoms with van der Waals surface area (Å²) in [5.74, 6) is 0.367. The zero-order chi connectivity index (χ0) is 11.5. The molecule has 0 N–H and O–H groups in total. The van der Waals surface area contributed by atoms with Gasteiger partial charge in [0.05, 0.1) is 16.6 Å². The van der Waals surface area contributed by atoms with Crippen LogP contribution in [0, 0.1) is 0 Å². The first-order valence-electron chi connectivity index (χ1n) is 4.27. The van der Waals surface area contributed by atoms with Crippen LogP contribution in [0.5, 0.6) is 0 Å². The summed E-state index contributed by atoms with van der Waals surface area (Å²) in [6.07, 6.45) is 0. The second kappa shape index (κ2) is 5.23. The molecule has 84 valence electrons. The maximum Gasteiger partial charge on any atom is 0.235 e. The van der Waals surface area contributed by atoms with Crippen molar-refractivity contribution in [2.24, 2.45) is 0 Å². The fourth-order valence-electron chi connectivity index (χ4n) is 1.13. The molecule has 0 fully saturated rings. The van der Waals surface area contributed by atoms with Crippen LogP contribution in [0.15, 0.2) is 28.6 Å². The Bertz CT molecular complexity index is 530. The standard InChI is InChI=1S/C9H6Cl2N2OS2/c10-7-3-1-2-6(4-7)5-16(14)9-12-8(11)13-15-9/h1-4H,5H2/t16-/m1/s1. The maximum absolute atomic E-state index is 11.9. The van der Waals surface area contributed by atoms with Crippen molar-refractivity contribution in [3.8, 4) is 0 Å². The topological polar surface area (TPSA) is 42.9 Å². The minimum absolute atomic E-state index is 0.138. The van der Waals surface area contributed by atoms with Gasteiger partial charge in [-0.15, -0.1) is 0 Å². The Morgan fingerprint density at radius 2 is 2.19 bits per heavy atom. The van der Waals surface area contributed by atoms with Gasteiger partial charge in [-0.25, -0.2) is 0 Å². The predicted octanol–water partition coefficient (Wildman–Crippen LogP) is 3.15. The van der Waals surface area contributed by atoms with Crippen molar-refractivity contribution in [3.05, 3.63) is 40.1 Å². The van der Waals surface area contributed by atoms with Gasteiger partial charge < -0.3 is 0 Å². The molecular formula is C9H6Cl2N2OS2. The van der Waals surface area contributed by atoms with Crippen molar-refractivity contribution < 1.29 is 4.21 Å². The van der Waals surface area contributed by atoms with Crippen molar-refractivity contribution in [1.82, 2.24) is 9.36 Å². The van der Waals surface area contributed by atoms with E-state index >= 15 is 0 Å². The monoisotopic (exact) mass is 292 g/mol. The van der Waals surface area contributed by atoms with E-state index in [1.54, 1.807) is 12.1 Å². The molecular weight excluding hydrogens is 287 g/mol. The highest BCUT2D eigenvalue weighted by molar-refractivity contribution is 7.86. The summed E-state index contributed by atoms with van der Waals surface area (Å²) < 4.78 is 16.1. The summed E-state index contributed by atoms with van der Waals surface area (Å²) in [4.78, 5) is 3.87. The van der Waals surface area contributed by atoms with E-state index in [0.717, 1.165) is 17.1 Å². The molecule has 0 aliphatic rings. The summed E-state index contributed by atoms with van der Waals surface area (Å²) in [6.45, 7) is 0. The van der Waals surface area contributed by atoms with E-state index in [9.17, 15) is 4.21 Å². The summed E-state index contributed by atoms with van der Waals surface area (Å²) in [7, 11) is -1.22. The van der Waals surface area contributed by atoms with E-state index in [1.807, 2.05) is 12.1 Å². The second-order valence-corrected chi connectivity index (χ2v) is 6.10. The van der Waals surface area contributed by atoms with Crippen molar-refractivity contribution in [2.75, 3.05) is 0 Å². The molecule has 2 rings (SSSR count). The molecule has 0 aliphatic carbocycles. The van der Waals surface area contributed by atoms with E-state index in [4.69, 9.17) is 23.2 Å². The Kier molecular flexibility index (Phi) is 3.91. The minimum Gasteiger partial charge on any atom is -0.251 e. The van der Waals surface area contributed by atoms with Gasteiger partial charge in [0.1, 0.15) is 0 Å². The normalized spacial score (nSPS) is 12.6. The third-order valence-corrected chi connectivity index (χ3v) is 4.64. The smallest absolute Gasteiger partial charge is 0.235 e. The Morgan fingerprint density at radius 3 is 2.81 bits per heavy atom. The number of aromatic nitrogens is 2. The van der Waals surface area contributed by atoms with E-state index < -0.39 is 10.8 Å². The van der Waals surface area contributed by atoms with Gasteiger partial charge in [0.15, 0.2) is 0 Å². The van der Waals surface area contributed by atoms with Crippen molar-refractivity contribution >= 4 is 45.5 Å². The lowest BCUT2D eigenvalue weighted by molar-refractivity contribution is 0.682. The first-order chi connectivity index (χ1) is 7.65. The molecule has 1 heterocycles. The molecule has 0 radical (unpaired) electrons. The van der Waals surface area contributed by atoms with Crippen LogP contribution < -0.4 is 0 Å². The number of halogens is 2. The van der Waals surface area contributed by atoms with Gasteiger partial charge >= 0.3 is 0 Å². The summed E-state index contributed by atoms with van der Waals surface area (Å²) >= 11 is 12.5. The second-order valence-electron chi connectivity index (χ2n) is 2.95. The fraction of sp³-hybridized carbons (Fsp3) is 0.111. The lowest BCUT2D eigenvalue weighted by Crippen LogP contribution is -1.95. The Morgan fingerprint density at radius 1 is 1.38 bits per heavy atom. The van der Waals surface area contributed by atoms with Crippen molar-refractivity contribution in [2.45, 2.75) is 10.1 Å². The first kappa shape index (κ1) is 12.0. The third kappa shape index (κ3) is 3.01. The number of hydrogen-bond donors (Lipinski definition) is 0. The van der Waals surface area contributed by atoms with Gasteiger partial charge in [-0.05, 0) is 40.8 Å². The molecule has 0 aliphatic heterocycles. The van der Waals surface area contributed by atoms with Gasteiger partial charge in [0.2, 0.25) is 9.62 Å². The summed E-state index contributed by atoms with van der Waals surface area (Å²) in [5, 5.41) is 0.768. The number of rotatable bonds is 3. The average molecular weight is 293 g/mol. The van der Waals surface area contributed by atoms with Crippen LogP contribution >= 0.6 is 34.7 Å². The molecule has 2 aromatic rings. The van der Waals surface area contributed by atoms with E-state index in [2.05, 4.69) is 9.36 Å². The van der Waals surface area contributed by atoms with E-state index in [0.29, 0.717) is 15.1 Å². The van der Waals surface area contributed by atoms with Crippen LogP contribution in [0.25, 0.3) is 0 Å². The molecule has 3 nitrogen and oxygen atoms in total. The molecule has 1 aromatic heterocycles. The molecule has 0 unspecified atom stereocenters. The minimum atomic E-state index is -1.22. The average Bonchev–Trinajstić information content (AvgIpc) is 2.65. The molecule has 1 atom stereocenters. The molecule has 0 bridgehead atoms. The highest BCUT2D eigenvalue weighted by Gasteiger charge is 2.10. The quantitative estimate of drug-likeness (QED) is 0.873. The Labute approximate surface area is 109 Å². The highest BCUT2D eigenvalue weighted by atomic mass is 35.5. The molecule has 0 saturated carbocycles. The van der Waals surface area contributed by atoms with Gasteiger partial charge in [0.25, 0.3) is 0 Å². The third-order valence-electron chi connectivity index (χ3n) is 1.76. The number of hydrogen-bond acceptors (Lipinski definition) is 4. The van der Waals surface area contributed by atoms with Crippen LogP contribution in [-0.2, 0) is 16.6 Å². The molecule has 1 aromatic carbocycles. The van der Waals surface area contributed by atoms with Crippen LogP contribution in [0.3, 0.4) is 0 Å². The highest BCUT2D eigenvalue weighted by Crippen LogP contribution is 2.18. The zero-order valence-electron chi connectivity index (χ0n) is 7.89. The number of nitrogens with zero attached hydrogens (tertiary/aromatic N) is 2. The maximum atomic E-state index is 11.9. The lowest BCUT2D eigenvalue weighted by Gasteiger charge is -1.99. The largest absolute Gasteiger partial charge is 0.251 e. The zero-order valence-corrected chi connectivity index (χ0v) is 11.0. The predicted molar refractivity (Wildman–Crippen MR) is 66.5 cm³/mol. The first-order valence-corrected chi connectivity index (χ1v) is 7.12. The van der Waals surface area contributed by atoms with Crippen LogP contribution in [0.4, 0.5) is 0 Å². The molecule has 0 spiro atoms. The van der Waals surface area contributed by atoms with Crippen LogP contribution in [0.1, 0.15) is 5.56 Å². The fourth-order valence-corrected chi connectivity index (χ4v) is 3.36. The number of benzene rings is 1. The van der Waals surface area contributed by atoms with Gasteiger partial charge in [-0.1, -0.05) is 23.7 Å². The van der Waals surface area contributed by atoms with Crippen molar-refractivity contribution in [1.29, 1.82) is 0 Å². The molecule has 16 heavy (non-hydrogen) atoms. The Balaban J connectivity index is 2.13. The molecule has 0 saturated heterocycles. The lowest BCUT2D eigenvalue weighted by atomic mass is 10.2. The Hall–Kier alpha value is -0.490. The molecule has 0 amide bonds. The van der Waals surface area contributed by atoms with Crippen LogP contribution in [-0.4, -0.2) is 13.6 Å². The summed E-state index contributed by atoms with van der Waals surface area (Å²) in [6, 6.07) is 7.24.